The van der Waals surface area contributed by atoms with E-state index >= 15 is 0 Å². The van der Waals surface area contributed by atoms with Crippen LogP contribution >= 0.6 is 0 Å². The number of hydrogen-bond donors (Lipinski definition) is 0. The molecular formula is C14H13NO. The van der Waals surface area contributed by atoms with Gasteiger partial charge in [-0.3, -0.25) is 9.78 Å². The Bertz CT molecular complexity index is 518. The highest BCUT2D eigenvalue weighted by Gasteiger charge is 2.09. The first kappa shape index (κ1) is 10.6. The maximum Gasteiger partial charge on any atom is 0.178 e. The predicted molar refractivity (Wildman–Crippen MR) is 64.4 cm³/mol. The smallest absolute Gasteiger partial charge is 0.178 e. The summed E-state index contributed by atoms with van der Waals surface area (Å²) < 4.78 is 0. The van der Waals surface area contributed by atoms with Crippen LogP contribution in [0.1, 0.15) is 23.0 Å². The topological polar surface area (TPSA) is 30.0 Å². The van der Waals surface area contributed by atoms with Gasteiger partial charge >= 0.3 is 0 Å². The molecule has 0 bridgehead atoms. The van der Waals surface area contributed by atoms with E-state index in [1.165, 1.54) is 0 Å². The normalized spacial score (nSPS) is 10.1. The van der Waals surface area contributed by atoms with Crippen LogP contribution in [0.25, 0.3) is 11.1 Å². The minimum atomic E-state index is 0.00952. The molecule has 0 atom stereocenters. The molecule has 1 aromatic carbocycles. The Labute approximate surface area is 95.0 Å². The first-order chi connectivity index (χ1) is 7.70. The zero-order valence-corrected chi connectivity index (χ0v) is 9.40. The van der Waals surface area contributed by atoms with Crippen molar-refractivity contribution in [2.75, 3.05) is 0 Å². The zero-order chi connectivity index (χ0) is 11.5. The van der Waals surface area contributed by atoms with Gasteiger partial charge in [0.25, 0.3) is 0 Å². The zero-order valence-electron chi connectivity index (χ0n) is 9.40. The molecule has 0 aliphatic rings. The Balaban J connectivity index is 2.59. The maximum absolute atomic E-state index is 11.4. The molecule has 0 saturated heterocycles. The van der Waals surface area contributed by atoms with Gasteiger partial charge < -0.3 is 0 Å². The molecule has 0 amide bonds. The quantitative estimate of drug-likeness (QED) is 0.714. The standard InChI is InChI=1S/C14H13NO/c1-10-13(12-6-4-3-5-7-12)8-9-15-14(10)11(2)16/h3-9H,1-2H3. The van der Waals surface area contributed by atoms with Gasteiger partial charge in [0.15, 0.2) is 5.78 Å². The summed E-state index contributed by atoms with van der Waals surface area (Å²) >= 11 is 0. The van der Waals surface area contributed by atoms with Crippen LogP contribution in [-0.2, 0) is 0 Å². The van der Waals surface area contributed by atoms with E-state index in [0.29, 0.717) is 5.69 Å². The highest BCUT2D eigenvalue weighted by molar-refractivity contribution is 5.95. The van der Waals surface area contributed by atoms with Gasteiger partial charge in [0.05, 0.1) is 0 Å². The first-order valence-electron chi connectivity index (χ1n) is 5.22. The molecule has 80 valence electrons. The SMILES string of the molecule is CC(=O)c1nccc(-c2ccccc2)c1C. The summed E-state index contributed by atoms with van der Waals surface area (Å²) in [6, 6.07) is 12.0. The minimum absolute atomic E-state index is 0.00952. The van der Waals surface area contributed by atoms with Crippen LogP contribution in [-0.4, -0.2) is 10.8 Å². The van der Waals surface area contributed by atoms with Crippen molar-refractivity contribution in [2.24, 2.45) is 0 Å². The number of carbonyl (C=O) groups excluding carboxylic acids is 1. The van der Waals surface area contributed by atoms with Crippen molar-refractivity contribution < 1.29 is 4.79 Å². The molecule has 0 aliphatic heterocycles. The van der Waals surface area contributed by atoms with Crippen molar-refractivity contribution in [3.8, 4) is 11.1 Å². The van der Waals surface area contributed by atoms with E-state index in [9.17, 15) is 4.79 Å². The summed E-state index contributed by atoms with van der Waals surface area (Å²) in [5, 5.41) is 0. The third-order valence-electron chi connectivity index (χ3n) is 2.62. The van der Waals surface area contributed by atoms with E-state index in [4.69, 9.17) is 0 Å². The first-order valence-corrected chi connectivity index (χ1v) is 5.22. The van der Waals surface area contributed by atoms with Crippen molar-refractivity contribution in [1.82, 2.24) is 4.98 Å². The molecular weight excluding hydrogens is 198 g/mol. The van der Waals surface area contributed by atoms with Crippen LogP contribution in [0.15, 0.2) is 42.6 Å². The minimum Gasteiger partial charge on any atom is -0.293 e. The fourth-order valence-electron chi connectivity index (χ4n) is 1.82. The molecule has 2 heteroatoms. The third-order valence-corrected chi connectivity index (χ3v) is 2.62. The second-order valence-corrected chi connectivity index (χ2v) is 3.75. The average molecular weight is 211 g/mol. The summed E-state index contributed by atoms with van der Waals surface area (Å²) in [4.78, 5) is 15.5. The molecule has 0 spiro atoms. The second-order valence-electron chi connectivity index (χ2n) is 3.75. The molecule has 16 heavy (non-hydrogen) atoms. The van der Waals surface area contributed by atoms with E-state index in [1.807, 2.05) is 43.3 Å². The molecule has 1 heterocycles. The van der Waals surface area contributed by atoms with E-state index < -0.39 is 0 Å². The number of hydrogen-bond acceptors (Lipinski definition) is 2. The number of aromatic nitrogens is 1. The fraction of sp³-hybridized carbons (Fsp3) is 0.143. The molecule has 2 rings (SSSR count). The lowest BCUT2D eigenvalue weighted by molar-refractivity contribution is 0.101. The number of benzene rings is 1. The Morgan fingerprint density at radius 3 is 2.44 bits per heavy atom. The van der Waals surface area contributed by atoms with Crippen molar-refractivity contribution in [3.05, 3.63) is 53.9 Å². The monoisotopic (exact) mass is 211 g/mol. The summed E-state index contributed by atoms with van der Waals surface area (Å²) in [5.74, 6) is 0.00952. The number of rotatable bonds is 2. The average Bonchev–Trinajstić information content (AvgIpc) is 2.30. The Hall–Kier alpha value is -1.96. The van der Waals surface area contributed by atoms with Crippen LogP contribution < -0.4 is 0 Å². The Morgan fingerprint density at radius 2 is 1.81 bits per heavy atom. The predicted octanol–water partition coefficient (Wildman–Crippen LogP) is 3.26. The van der Waals surface area contributed by atoms with E-state index in [1.54, 1.807) is 13.1 Å². The van der Waals surface area contributed by atoms with Crippen molar-refractivity contribution in [2.45, 2.75) is 13.8 Å². The second kappa shape index (κ2) is 4.27. The molecule has 0 fully saturated rings. The molecule has 0 unspecified atom stereocenters. The highest BCUT2D eigenvalue weighted by Crippen LogP contribution is 2.24. The molecule has 0 radical (unpaired) electrons. The lowest BCUT2D eigenvalue weighted by Gasteiger charge is -2.08. The molecule has 2 nitrogen and oxygen atoms in total. The molecule has 0 saturated carbocycles. The van der Waals surface area contributed by atoms with Crippen LogP contribution in [0.2, 0.25) is 0 Å². The van der Waals surface area contributed by atoms with Crippen molar-refractivity contribution >= 4 is 5.78 Å². The van der Waals surface area contributed by atoms with Gasteiger partial charge in [-0.15, -0.1) is 0 Å². The summed E-state index contributed by atoms with van der Waals surface area (Å²) in [6.45, 7) is 3.48. The maximum atomic E-state index is 11.4. The number of Topliss-reactive ketones (excluding diaryl/α,β-unsaturated/α-hetero) is 1. The van der Waals surface area contributed by atoms with E-state index in [-0.39, 0.29) is 5.78 Å². The van der Waals surface area contributed by atoms with Crippen LogP contribution in [0.5, 0.6) is 0 Å². The number of carbonyl (C=O) groups is 1. The summed E-state index contributed by atoms with van der Waals surface area (Å²) in [7, 11) is 0. The summed E-state index contributed by atoms with van der Waals surface area (Å²) in [6.07, 6.45) is 1.69. The Kier molecular flexibility index (Phi) is 2.82. The van der Waals surface area contributed by atoms with Crippen molar-refractivity contribution in [3.63, 3.8) is 0 Å². The molecule has 0 aliphatic carbocycles. The number of ketones is 1. The third kappa shape index (κ3) is 1.87. The van der Waals surface area contributed by atoms with Crippen LogP contribution in [0, 0.1) is 6.92 Å². The van der Waals surface area contributed by atoms with Gasteiger partial charge in [0.1, 0.15) is 5.69 Å². The fourth-order valence-corrected chi connectivity index (χ4v) is 1.82. The van der Waals surface area contributed by atoms with E-state index in [2.05, 4.69) is 4.98 Å². The molecule has 0 N–H and O–H groups in total. The van der Waals surface area contributed by atoms with Crippen molar-refractivity contribution in [1.29, 1.82) is 0 Å². The number of nitrogens with zero attached hydrogens (tertiary/aromatic N) is 1. The van der Waals surface area contributed by atoms with Gasteiger partial charge in [0.2, 0.25) is 0 Å². The van der Waals surface area contributed by atoms with Crippen LogP contribution in [0.3, 0.4) is 0 Å². The Morgan fingerprint density at radius 1 is 1.12 bits per heavy atom. The van der Waals surface area contributed by atoms with Gasteiger partial charge in [-0.05, 0) is 29.7 Å². The lowest BCUT2D eigenvalue weighted by atomic mass is 9.99. The lowest BCUT2D eigenvalue weighted by Crippen LogP contribution is -2.01. The van der Waals surface area contributed by atoms with Gasteiger partial charge in [0, 0.05) is 13.1 Å². The largest absolute Gasteiger partial charge is 0.293 e. The summed E-state index contributed by atoms with van der Waals surface area (Å²) in [5.41, 5.74) is 3.69. The van der Waals surface area contributed by atoms with Crippen LogP contribution in [0.4, 0.5) is 0 Å². The number of pyridine rings is 1. The van der Waals surface area contributed by atoms with Gasteiger partial charge in [-0.2, -0.15) is 0 Å². The van der Waals surface area contributed by atoms with E-state index in [0.717, 1.165) is 16.7 Å². The molecule has 2 aromatic rings. The molecule has 1 aromatic heterocycles. The highest BCUT2D eigenvalue weighted by atomic mass is 16.1. The van der Waals surface area contributed by atoms with Gasteiger partial charge in [-0.1, -0.05) is 30.3 Å². The van der Waals surface area contributed by atoms with Gasteiger partial charge in [-0.25, -0.2) is 0 Å².